The van der Waals surface area contributed by atoms with Gasteiger partial charge in [0.2, 0.25) is 0 Å². The molecule has 6 heteroatoms. The Kier molecular flexibility index (Phi) is 5.38. The lowest BCUT2D eigenvalue weighted by atomic mass is 10.1. The Morgan fingerprint density at radius 2 is 2.00 bits per heavy atom. The minimum absolute atomic E-state index is 0.154. The van der Waals surface area contributed by atoms with E-state index in [1.54, 1.807) is 14.2 Å². The molecule has 0 aliphatic rings. The molecule has 0 saturated carbocycles. The summed E-state index contributed by atoms with van der Waals surface area (Å²) in [6.45, 7) is 1.89. The number of nitrogens with zero attached hydrogens (tertiary/aromatic N) is 1. The van der Waals surface area contributed by atoms with E-state index in [4.69, 9.17) is 15.2 Å². The summed E-state index contributed by atoms with van der Waals surface area (Å²) in [6.07, 6.45) is 0.677. The average Bonchev–Trinajstić information content (AvgIpc) is 2.36. The number of hydrazone groups is 1. The first-order valence-corrected chi connectivity index (χ1v) is 5.77. The van der Waals surface area contributed by atoms with Gasteiger partial charge in [-0.05, 0) is 36.8 Å². The van der Waals surface area contributed by atoms with Gasteiger partial charge in [-0.3, -0.25) is 5.43 Å². The van der Waals surface area contributed by atoms with Crippen molar-refractivity contribution in [3.8, 4) is 11.5 Å². The molecule has 3 N–H and O–H groups in total. The maximum absolute atomic E-state index is 5.29. The van der Waals surface area contributed by atoms with Crippen LogP contribution in [0.15, 0.2) is 23.3 Å². The molecule has 0 saturated heterocycles. The number of hydrogen-bond acceptors (Lipinski definition) is 4. The lowest BCUT2D eigenvalue weighted by Crippen LogP contribution is -2.25. The molecule has 5 nitrogen and oxygen atoms in total. The highest BCUT2D eigenvalue weighted by Crippen LogP contribution is 2.27. The molecular formula is C12H17N3O2S. The molecule has 0 amide bonds. The zero-order valence-corrected chi connectivity index (χ0v) is 11.5. The summed E-state index contributed by atoms with van der Waals surface area (Å²) in [5.41, 5.74) is 9.79. The third-order valence-corrected chi connectivity index (χ3v) is 2.36. The van der Waals surface area contributed by atoms with Crippen molar-refractivity contribution in [3.63, 3.8) is 0 Å². The Balaban J connectivity index is 2.79. The van der Waals surface area contributed by atoms with Crippen LogP contribution in [0.4, 0.5) is 0 Å². The molecule has 0 bridgehead atoms. The fourth-order valence-electron chi connectivity index (χ4n) is 1.48. The number of nitrogens with one attached hydrogen (secondary N) is 1. The second kappa shape index (κ2) is 6.80. The third-order valence-electron chi connectivity index (χ3n) is 2.26. The Morgan fingerprint density at radius 1 is 1.33 bits per heavy atom. The smallest absolute Gasteiger partial charge is 0.184 e. The zero-order chi connectivity index (χ0) is 13.5. The van der Waals surface area contributed by atoms with Gasteiger partial charge in [0.25, 0.3) is 0 Å². The van der Waals surface area contributed by atoms with Crippen molar-refractivity contribution in [2.75, 3.05) is 14.2 Å². The molecule has 0 heterocycles. The normalized spacial score (nSPS) is 10.9. The molecule has 0 fully saturated rings. The van der Waals surface area contributed by atoms with Crippen molar-refractivity contribution in [2.45, 2.75) is 13.3 Å². The van der Waals surface area contributed by atoms with Crippen LogP contribution < -0.4 is 20.6 Å². The predicted molar refractivity (Wildman–Crippen MR) is 76.3 cm³/mol. The van der Waals surface area contributed by atoms with E-state index in [0.717, 1.165) is 11.3 Å². The minimum Gasteiger partial charge on any atom is -0.493 e. The molecule has 1 rings (SSSR count). The Labute approximate surface area is 112 Å². The van der Waals surface area contributed by atoms with Crippen molar-refractivity contribution < 1.29 is 9.47 Å². The number of rotatable bonds is 5. The molecule has 98 valence electrons. The van der Waals surface area contributed by atoms with Crippen molar-refractivity contribution in [2.24, 2.45) is 10.8 Å². The quantitative estimate of drug-likeness (QED) is 0.480. The molecule has 0 radical (unpaired) electrons. The summed E-state index contributed by atoms with van der Waals surface area (Å²) in [5, 5.41) is 4.20. The van der Waals surface area contributed by atoms with Crippen molar-refractivity contribution in [1.82, 2.24) is 5.43 Å². The Bertz CT molecular complexity index is 461. The monoisotopic (exact) mass is 267 g/mol. The van der Waals surface area contributed by atoms with E-state index >= 15 is 0 Å². The topological polar surface area (TPSA) is 68.9 Å². The lowest BCUT2D eigenvalue weighted by Gasteiger charge is -2.09. The van der Waals surface area contributed by atoms with Gasteiger partial charge in [-0.15, -0.1) is 0 Å². The number of nitrogens with two attached hydrogens (primary N) is 1. The van der Waals surface area contributed by atoms with E-state index in [0.29, 0.717) is 17.9 Å². The maximum atomic E-state index is 5.29. The van der Waals surface area contributed by atoms with Gasteiger partial charge >= 0.3 is 0 Å². The van der Waals surface area contributed by atoms with Gasteiger partial charge in [0.15, 0.2) is 16.6 Å². The van der Waals surface area contributed by atoms with Gasteiger partial charge in [-0.1, -0.05) is 6.07 Å². The van der Waals surface area contributed by atoms with Gasteiger partial charge in [0.1, 0.15) is 0 Å². The number of thiocarbonyl (C=S) groups is 1. The van der Waals surface area contributed by atoms with Crippen LogP contribution in [0.5, 0.6) is 11.5 Å². The Hall–Kier alpha value is -1.82. The van der Waals surface area contributed by atoms with Crippen LogP contribution in [0.2, 0.25) is 0 Å². The van der Waals surface area contributed by atoms with Crippen molar-refractivity contribution >= 4 is 23.0 Å². The first-order chi connectivity index (χ1) is 8.56. The van der Waals surface area contributed by atoms with E-state index in [1.165, 1.54) is 0 Å². The molecule has 0 unspecified atom stereocenters. The van der Waals surface area contributed by atoms with Crippen LogP contribution in [-0.2, 0) is 6.42 Å². The molecule has 18 heavy (non-hydrogen) atoms. The standard InChI is InChI=1S/C12H17N3O2S/c1-8(14-15-12(13)18)6-9-4-5-10(16-2)11(7-9)17-3/h4-5,7H,6H2,1-3H3,(H3,13,15,18). The largest absolute Gasteiger partial charge is 0.493 e. The van der Waals surface area contributed by atoms with Crippen LogP contribution in [0.1, 0.15) is 12.5 Å². The van der Waals surface area contributed by atoms with Gasteiger partial charge in [-0.25, -0.2) is 0 Å². The van der Waals surface area contributed by atoms with Crippen molar-refractivity contribution in [1.29, 1.82) is 0 Å². The fraction of sp³-hybridized carbons (Fsp3) is 0.333. The molecular weight excluding hydrogens is 250 g/mol. The lowest BCUT2D eigenvalue weighted by molar-refractivity contribution is 0.354. The molecule has 0 spiro atoms. The summed E-state index contributed by atoms with van der Waals surface area (Å²) >= 11 is 4.67. The van der Waals surface area contributed by atoms with Gasteiger partial charge < -0.3 is 15.2 Å². The second-order valence-corrected chi connectivity index (χ2v) is 4.13. The van der Waals surface area contributed by atoms with Crippen LogP contribution >= 0.6 is 12.2 Å². The number of hydrogen-bond donors (Lipinski definition) is 2. The van der Waals surface area contributed by atoms with E-state index in [-0.39, 0.29) is 5.11 Å². The molecule has 0 atom stereocenters. The minimum atomic E-state index is 0.154. The predicted octanol–water partition coefficient (Wildman–Crippen LogP) is 1.46. The molecule has 0 aliphatic carbocycles. The van der Waals surface area contributed by atoms with Gasteiger partial charge in [0, 0.05) is 12.1 Å². The second-order valence-electron chi connectivity index (χ2n) is 3.69. The highest BCUT2D eigenvalue weighted by atomic mass is 32.1. The van der Waals surface area contributed by atoms with E-state index in [2.05, 4.69) is 22.7 Å². The highest BCUT2D eigenvalue weighted by molar-refractivity contribution is 7.80. The SMILES string of the molecule is COc1ccc(CC(C)=NNC(N)=S)cc1OC. The zero-order valence-electron chi connectivity index (χ0n) is 10.7. The number of benzene rings is 1. The van der Waals surface area contributed by atoms with E-state index in [1.807, 2.05) is 25.1 Å². The van der Waals surface area contributed by atoms with Crippen LogP contribution in [0.3, 0.4) is 0 Å². The van der Waals surface area contributed by atoms with Crippen LogP contribution in [0.25, 0.3) is 0 Å². The molecule has 0 aromatic heterocycles. The first kappa shape index (κ1) is 14.2. The van der Waals surface area contributed by atoms with Crippen molar-refractivity contribution in [3.05, 3.63) is 23.8 Å². The van der Waals surface area contributed by atoms with E-state index < -0.39 is 0 Å². The molecule has 1 aromatic carbocycles. The summed E-state index contributed by atoms with van der Waals surface area (Å²) in [5.74, 6) is 1.40. The first-order valence-electron chi connectivity index (χ1n) is 5.36. The third kappa shape index (κ3) is 4.21. The average molecular weight is 267 g/mol. The van der Waals surface area contributed by atoms with E-state index in [9.17, 15) is 0 Å². The summed E-state index contributed by atoms with van der Waals surface area (Å²) in [7, 11) is 3.22. The van der Waals surface area contributed by atoms with Gasteiger partial charge in [-0.2, -0.15) is 5.10 Å². The summed E-state index contributed by atoms with van der Waals surface area (Å²) in [6, 6.07) is 5.74. The fourth-order valence-corrected chi connectivity index (χ4v) is 1.52. The molecule has 1 aromatic rings. The maximum Gasteiger partial charge on any atom is 0.184 e. The van der Waals surface area contributed by atoms with Crippen LogP contribution in [0, 0.1) is 0 Å². The highest BCUT2D eigenvalue weighted by Gasteiger charge is 2.05. The molecule has 0 aliphatic heterocycles. The number of ether oxygens (including phenoxy) is 2. The Morgan fingerprint density at radius 3 is 2.56 bits per heavy atom. The number of methoxy groups -OCH3 is 2. The van der Waals surface area contributed by atoms with Crippen LogP contribution in [-0.4, -0.2) is 25.0 Å². The van der Waals surface area contributed by atoms with Gasteiger partial charge in [0.05, 0.1) is 14.2 Å². The summed E-state index contributed by atoms with van der Waals surface area (Å²) < 4.78 is 10.4. The summed E-state index contributed by atoms with van der Waals surface area (Å²) in [4.78, 5) is 0.